The first-order valence-electron chi connectivity index (χ1n) is 10.0. The highest BCUT2D eigenvalue weighted by Gasteiger charge is 2.40. The second-order valence-electron chi connectivity index (χ2n) is 7.87. The molecule has 3 heterocycles. The van der Waals surface area contributed by atoms with Crippen LogP contribution in [0, 0.1) is 6.92 Å². The van der Waals surface area contributed by atoms with Crippen LogP contribution in [0.3, 0.4) is 0 Å². The number of hydrogen-bond acceptors (Lipinski definition) is 6. The van der Waals surface area contributed by atoms with E-state index in [4.69, 9.17) is 0 Å². The molecule has 1 aliphatic heterocycles. The topological polar surface area (TPSA) is 92.3 Å². The summed E-state index contributed by atoms with van der Waals surface area (Å²) in [6.45, 7) is 5.95. The summed E-state index contributed by atoms with van der Waals surface area (Å²) in [5, 5.41) is 4.55. The molecule has 31 heavy (non-hydrogen) atoms. The molecule has 0 unspecified atom stereocenters. The van der Waals surface area contributed by atoms with Gasteiger partial charge in [0.15, 0.2) is 0 Å². The van der Waals surface area contributed by atoms with Crippen molar-refractivity contribution in [2.75, 3.05) is 5.32 Å². The molecule has 4 rings (SSSR count). The molecule has 0 aliphatic carbocycles. The Kier molecular flexibility index (Phi) is 5.92. The molecule has 3 aromatic rings. The number of thiophene rings is 1. The van der Waals surface area contributed by atoms with Gasteiger partial charge in [-0.25, -0.2) is 18.4 Å². The lowest BCUT2D eigenvalue weighted by Gasteiger charge is -2.34. The Balaban J connectivity index is 1.69. The lowest BCUT2D eigenvalue weighted by molar-refractivity contribution is -0.120. The SMILES string of the molecule is Cc1cc(NC(=O)[C@@H]2Cc3ccccc3CN2S(=O)(=O)c2cccs2)nc(C(C)C)n1. The number of hydrogen-bond donors (Lipinski definition) is 1. The average Bonchev–Trinajstić information content (AvgIpc) is 3.28. The van der Waals surface area contributed by atoms with E-state index < -0.39 is 22.0 Å². The Labute approximate surface area is 186 Å². The first-order valence-corrected chi connectivity index (χ1v) is 12.4. The average molecular weight is 457 g/mol. The van der Waals surface area contributed by atoms with Crippen molar-refractivity contribution in [3.63, 3.8) is 0 Å². The van der Waals surface area contributed by atoms with Gasteiger partial charge in [-0.15, -0.1) is 11.3 Å². The van der Waals surface area contributed by atoms with E-state index in [-0.39, 0.29) is 16.7 Å². The number of aromatic nitrogens is 2. The summed E-state index contributed by atoms with van der Waals surface area (Å²) >= 11 is 1.15. The van der Waals surface area contributed by atoms with Gasteiger partial charge < -0.3 is 5.32 Å². The lowest BCUT2D eigenvalue weighted by Crippen LogP contribution is -2.50. The van der Waals surface area contributed by atoms with Crippen LogP contribution in [0.2, 0.25) is 0 Å². The summed E-state index contributed by atoms with van der Waals surface area (Å²) < 4.78 is 28.2. The van der Waals surface area contributed by atoms with Crippen molar-refractivity contribution in [2.24, 2.45) is 0 Å². The maximum atomic E-state index is 13.4. The van der Waals surface area contributed by atoms with Crippen LogP contribution in [-0.4, -0.2) is 34.6 Å². The summed E-state index contributed by atoms with van der Waals surface area (Å²) in [6, 6.07) is 11.7. The molecule has 0 fully saturated rings. The monoisotopic (exact) mass is 456 g/mol. The van der Waals surface area contributed by atoms with Crippen LogP contribution in [0.1, 0.15) is 42.4 Å². The number of nitrogens with one attached hydrogen (secondary N) is 1. The van der Waals surface area contributed by atoms with Gasteiger partial charge in [0.2, 0.25) is 5.91 Å². The van der Waals surface area contributed by atoms with Crippen LogP contribution >= 0.6 is 11.3 Å². The number of rotatable bonds is 5. The predicted octanol–water partition coefficient (Wildman–Crippen LogP) is 3.72. The molecule has 0 saturated carbocycles. The number of fused-ring (bicyclic) bond motifs is 1. The molecule has 1 aliphatic rings. The van der Waals surface area contributed by atoms with E-state index in [1.807, 2.05) is 45.0 Å². The third-order valence-corrected chi connectivity index (χ3v) is 8.43. The smallest absolute Gasteiger partial charge is 0.253 e. The molecular weight excluding hydrogens is 432 g/mol. The van der Waals surface area contributed by atoms with Crippen molar-refractivity contribution in [3.8, 4) is 0 Å². The summed E-state index contributed by atoms with van der Waals surface area (Å²) in [5.74, 6) is 0.719. The fourth-order valence-corrected chi connectivity index (χ4v) is 6.31. The van der Waals surface area contributed by atoms with E-state index in [9.17, 15) is 13.2 Å². The quantitative estimate of drug-likeness (QED) is 0.632. The minimum atomic E-state index is -3.82. The molecule has 0 saturated heterocycles. The van der Waals surface area contributed by atoms with Crippen molar-refractivity contribution < 1.29 is 13.2 Å². The maximum absolute atomic E-state index is 13.4. The van der Waals surface area contributed by atoms with Crippen molar-refractivity contribution in [1.82, 2.24) is 14.3 Å². The van der Waals surface area contributed by atoms with Gasteiger partial charge in [-0.1, -0.05) is 44.2 Å². The van der Waals surface area contributed by atoms with Gasteiger partial charge in [0.25, 0.3) is 10.0 Å². The molecule has 1 amide bonds. The Hall–Kier alpha value is -2.62. The molecule has 162 valence electrons. The Morgan fingerprint density at radius 1 is 1.16 bits per heavy atom. The molecular formula is C22H24N4O3S2. The van der Waals surface area contributed by atoms with Crippen LogP contribution in [0.5, 0.6) is 0 Å². The molecule has 0 bridgehead atoms. The number of anilines is 1. The summed E-state index contributed by atoms with van der Waals surface area (Å²) in [6.07, 6.45) is 0.299. The van der Waals surface area contributed by atoms with E-state index in [0.717, 1.165) is 28.2 Å². The normalized spacial score (nSPS) is 16.8. The number of benzene rings is 1. The molecule has 7 nitrogen and oxygen atoms in total. The van der Waals surface area contributed by atoms with E-state index in [1.54, 1.807) is 23.6 Å². The highest BCUT2D eigenvalue weighted by atomic mass is 32.2. The Morgan fingerprint density at radius 3 is 2.58 bits per heavy atom. The van der Waals surface area contributed by atoms with E-state index in [1.165, 1.54) is 4.31 Å². The highest BCUT2D eigenvalue weighted by molar-refractivity contribution is 7.91. The highest BCUT2D eigenvalue weighted by Crippen LogP contribution is 2.31. The van der Waals surface area contributed by atoms with Gasteiger partial charge in [-0.05, 0) is 35.9 Å². The summed E-state index contributed by atoms with van der Waals surface area (Å²) in [4.78, 5) is 22.2. The van der Waals surface area contributed by atoms with Crippen molar-refractivity contribution >= 4 is 33.1 Å². The summed E-state index contributed by atoms with van der Waals surface area (Å²) in [7, 11) is -3.82. The van der Waals surface area contributed by atoms with Gasteiger partial charge in [0, 0.05) is 24.2 Å². The van der Waals surface area contributed by atoms with Crippen LogP contribution < -0.4 is 5.32 Å². The molecule has 0 spiro atoms. The Morgan fingerprint density at radius 2 is 1.90 bits per heavy atom. The minimum Gasteiger partial charge on any atom is -0.309 e. The number of amides is 1. The standard InChI is InChI=1S/C22H24N4O3S2/c1-14(2)21-23-15(3)11-19(24-21)25-22(27)18-12-16-7-4-5-8-17(16)13-26(18)31(28,29)20-9-6-10-30-20/h4-11,14,18H,12-13H2,1-3H3,(H,23,24,25,27)/t18-/m0/s1. The van der Waals surface area contributed by atoms with Crippen LogP contribution in [-0.2, 0) is 27.8 Å². The number of aryl methyl sites for hydroxylation is 1. The molecule has 1 N–H and O–H groups in total. The first kappa shape index (κ1) is 21.6. The Bertz CT molecular complexity index is 1210. The number of carbonyl (C=O) groups is 1. The van der Waals surface area contributed by atoms with Crippen LogP contribution in [0.25, 0.3) is 0 Å². The van der Waals surface area contributed by atoms with Crippen molar-refractivity contribution in [1.29, 1.82) is 0 Å². The third kappa shape index (κ3) is 4.39. The second kappa shape index (κ2) is 8.49. The maximum Gasteiger partial charge on any atom is 0.253 e. The first-order chi connectivity index (χ1) is 14.8. The summed E-state index contributed by atoms with van der Waals surface area (Å²) in [5.41, 5.74) is 2.62. The third-order valence-electron chi connectivity index (χ3n) is 5.21. The fourth-order valence-electron chi connectivity index (χ4n) is 3.62. The number of nitrogens with zero attached hydrogens (tertiary/aromatic N) is 3. The van der Waals surface area contributed by atoms with E-state index in [2.05, 4.69) is 15.3 Å². The molecule has 9 heteroatoms. The zero-order chi connectivity index (χ0) is 22.2. The van der Waals surface area contributed by atoms with Crippen LogP contribution in [0.15, 0.2) is 52.1 Å². The van der Waals surface area contributed by atoms with E-state index in [0.29, 0.717) is 18.1 Å². The molecule has 1 atom stereocenters. The zero-order valence-corrected chi connectivity index (χ0v) is 19.2. The molecule has 2 aromatic heterocycles. The number of carbonyl (C=O) groups excluding carboxylic acids is 1. The van der Waals surface area contributed by atoms with Gasteiger partial charge in [-0.2, -0.15) is 4.31 Å². The second-order valence-corrected chi connectivity index (χ2v) is 10.9. The van der Waals surface area contributed by atoms with Gasteiger partial charge in [-0.3, -0.25) is 4.79 Å². The van der Waals surface area contributed by atoms with Gasteiger partial charge in [0.1, 0.15) is 21.9 Å². The van der Waals surface area contributed by atoms with Crippen molar-refractivity contribution in [2.45, 2.75) is 49.9 Å². The number of sulfonamides is 1. The van der Waals surface area contributed by atoms with Gasteiger partial charge in [0.05, 0.1) is 0 Å². The predicted molar refractivity (Wildman–Crippen MR) is 120 cm³/mol. The van der Waals surface area contributed by atoms with E-state index >= 15 is 0 Å². The zero-order valence-electron chi connectivity index (χ0n) is 17.6. The largest absolute Gasteiger partial charge is 0.309 e. The minimum absolute atomic E-state index is 0.104. The van der Waals surface area contributed by atoms with Crippen LogP contribution in [0.4, 0.5) is 5.82 Å². The molecule has 1 aromatic carbocycles. The van der Waals surface area contributed by atoms with Gasteiger partial charge >= 0.3 is 0 Å². The molecule has 0 radical (unpaired) electrons. The lowest BCUT2D eigenvalue weighted by atomic mass is 9.95. The van der Waals surface area contributed by atoms with Crippen molar-refractivity contribution in [3.05, 3.63) is 70.5 Å². The fraction of sp³-hybridized carbons (Fsp3) is 0.318.